The fourth-order valence-electron chi connectivity index (χ4n) is 4.33. The fraction of sp³-hybridized carbons (Fsp3) is 0.867. The van der Waals surface area contributed by atoms with Crippen molar-refractivity contribution < 1.29 is 24.2 Å². The van der Waals surface area contributed by atoms with Crippen molar-refractivity contribution in [2.45, 2.75) is 63.6 Å². The number of carbonyl (C=O) groups excluding carboxylic acids is 1. The second kappa shape index (κ2) is 4.93. The van der Waals surface area contributed by atoms with Gasteiger partial charge in [-0.25, -0.2) is 4.79 Å². The first kappa shape index (κ1) is 13.7. The van der Waals surface area contributed by atoms with Gasteiger partial charge in [0.1, 0.15) is 11.7 Å². The van der Waals surface area contributed by atoms with E-state index in [1.165, 1.54) is 0 Å². The molecule has 0 saturated heterocycles. The maximum absolute atomic E-state index is 12.3. The van der Waals surface area contributed by atoms with E-state index >= 15 is 0 Å². The van der Waals surface area contributed by atoms with Crippen LogP contribution < -0.4 is 0 Å². The minimum Gasteiger partial charge on any atom is -0.459 e. The summed E-state index contributed by atoms with van der Waals surface area (Å²) >= 11 is 0. The van der Waals surface area contributed by atoms with Crippen LogP contribution in [0.4, 0.5) is 4.79 Å². The Kier molecular flexibility index (Phi) is 3.38. The molecule has 2 bridgehead atoms. The van der Waals surface area contributed by atoms with Crippen LogP contribution in [0, 0.1) is 17.8 Å². The van der Waals surface area contributed by atoms with E-state index in [1.54, 1.807) is 0 Å². The smallest absolute Gasteiger partial charge is 0.459 e. The van der Waals surface area contributed by atoms with Crippen molar-refractivity contribution >= 4 is 12.1 Å². The van der Waals surface area contributed by atoms with Crippen molar-refractivity contribution in [3.63, 3.8) is 0 Å². The lowest BCUT2D eigenvalue weighted by molar-refractivity contribution is -0.165. The summed E-state index contributed by atoms with van der Waals surface area (Å²) in [5.74, 6) is 0.314. The molecule has 0 aromatic carbocycles. The number of fused-ring (bicyclic) bond motifs is 2. The van der Waals surface area contributed by atoms with Crippen LogP contribution in [0.2, 0.25) is 0 Å². The standard InChI is InChI=1S/C15H22O5/c1-15(4-2-3-5-15)20-13(16)11-7-10-6-9(11)8-12(10)19-14(17)18/h9-12H,2-8H2,1H3,(H,17,18). The number of ether oxygens (including phenoxy) is 2. The molecule has 3 saturated carbocycles. The first-order valence-corrected chi connectivity index (χ1v) is 7.59. The van der Waals surface area contributed by atoms with E-state index in [1.807, 2.05) is 6.92 Å². The van der Waals surface area contributed by atoms with Crippen molar-refractivity contribution in [3.05, 3.63) is 0 Å². The van der Waals surface area contributed by atoms with Crippen LogP contribution in [0.5, 0.6) is 0 Å². The van der Waals surface area contributed by atoms with Gasteiger partial charge in [0.2, 0.25) is 0 Å². The average molecular weight is 282 g/mol. The number of hydrogen-bond donors (Lipinski definition) is 1. The molecular weight excluding hydrogens is 260 g/mol. The van der Waals surface area contributed by atoms with Gasteiger partial charge in [-0.1, -0.05) is 0 Å². The monoisotopic (exact) mass is 282 g/mol. The van der Waals surface area contributed by atoms with Crippen LogP contribution in [0.3, 0.4) is 0 Å². The van der Waals surface area contributed by atoms with Crippen LogP contribution >= 0.6 is 0 Å². The van der Waals surface area contributed by atoms with Gasteiger partial charge in [0.25, 0.3) is 0 Å². The van der Waals surface area contributed by atoms with Crippen molar-refractivity contribution in [3.8, 4) is 0 Å². The van der Waals surface area contributed by atoms with Crippen molar-refractivity contribution in [1.82, 2.24) is 0 Å². The Morgan fingerprint density at radius 2 is 1.80 bits per heavy atom. The summed E-state index contributed by atoms with van der Waals surface area (Å²) in [6, 6.07) is 0. The fourth-order valence-corrected chi connectivity index (χ4v) is 4.33. The van der Waals surface area contributed by atoms with Gasteiger partial charge in [-0.05, 0) is 63.7 Å². The Hall–Kier alpha value is -1.26. The van der Waals surface area contributed by atoms with Crippen LogP contribution in [0.1, 0.15) is 51.9 Å². The van der Waals surface area contributed by atoms with E-state index in [4.69, 9.17) is 14.6 Å². The molecule has 3 rings (SSSR count). The molecule has 1 N–H and O–H groups in total. The summed E-state index contributed by atoms with van der Waals surface area (Å²) in [5, 5.41) is 8.69. The summed E-state index contributed by atoms with van der Waals surface area (Å²) in [6.45, 7) is 2.03. The lowest BCUT2D eigenvalue weighted by atomic mass is 9.87. The van der Waals surface area contributed by atoms with Gasteiger partial charge >= 0.3 is 12.1 Å². The molecule has 0 aliphatic heterocycles. The molecule has 0 spiro atoms. The molecule has 5 heteroatoms. The van der Waals surface area contributed by atoms with Gasteiger partial charge in [0.15, 0.2) is 0 Å². The lowest BCUT2D eigenvalue weighted by Crippen LogP contribution is -2.36. The minimum atomic E-state index is -1.21. The zero-order chi connectivity index (χ0) is 14.3. The molecule has 0 heterocycles. The third kappa shape index (κ3) is 2.50. The highest BCUT2D eigenvalue weighted by Crippen LogP contribution is 2.50. The first-order chi connectivity index (χ1) is 9.47. The van der Waals surface area contributed by atoms with E-state index in [0.29, 0.717) is 6.42 Å². The Labute approximate surface area is 118 Å². The molecule has 4 unspecified atom stereocenters. The average Bonchev–Trinajstić information content (AvgIpc) is 3.03. The SMILES string of the molecule is CC1(OC(=O)C2CC3CC2CC3OC(=O)O)CCCC1. The number of rotatable bonds is 3. The van der Waals surface area contributed by atoms with Gasteiger partial charge in [0.05, 0.1) is 5.92 Å². The zero-order valence-electron chi connectivity index (χ0n) is 11.8. The summed E-state index contributed by atoms with van der Waals surface area (Å²) in [6.07, 6.45) is 5.06. The number of esters is 1. The summed E-state index contributed by atoms with van der Waals surface area (Å²) in [5.41, 5.74) is -0.268. The molecule has 0 aromatic rings. The summed E-state index contributed by atoms with van der Waals surface area (Å²) in [7, 11) is 0. The third-order valence-corrected chi connectivity index (χ3v) is 5.36. The predicted molar refractivity (Wildman–Crippen MR) is 70.2 cm³/mol. The molecule has 3 aliphatic carbocycles. The number of hydrogen-bond acceptors (Lipinski definition) is 4. The highest BCUT2D eigenvalue weighted by molar-refractivity contribution is 5.74. The van der Waals surface area contributed by atoms with Crippen LogP contribution in [-0.2, 0) is 14.3 Å². The minimum absolute atomic E-state index is 0.0499. The lowest BCUT2D eigenvalue weighted by Gasteiger charge is -2.30. The van der Waals surface area contributed by atoms with Gasteiger partial charge in [0, 0.05) is 0 Å². The van der Waals surface area contributed by atoms with E-state index < -0.39 is 6.16 Å². The second-order valence-corrected chi connectivity index (χ2v) is 6.83. The molecule has 0 radical (unpaired) electrons. The van der Waals surface area contributed by atoms with Crippen LogP contribution in [-0.4, -0.2) is 28.9 Å². The third-order valence-electron chi connectivity index (χ3n) is 5.36. The van der Waals surface area contributed by atoms with E-state index in [-0.39, 0.29) is 35.4 Å². The molecule has 0 aromatic heterocycles. The van der Waals surface area contributed by atoms with Crippen LogP contribution in [0.25, 0.3) is 0 Å². The van der Waals surface area contributed by atoms with Gasteiger partial charge in [-0.2, -0.15) is 0 Å². The highest BCUT2D eigenvalue weighted by Gasteiger charge is 2.51. The Morgan fingerprint density at radius 1 is 1.10 bits per heavy atom. The number of carboxylic acid groups (broad SMARTS) is 1. The number of carbonyl (C=O) groups is 2. The summed E-state index contributed by atoms with van der Waals surface area (Å²) < 4.78 is 10.6. The Morgan fingerprint density at radius 3 is 2.35 bits per heavy atom. The second-order valence-electron chi connectivity index (χ2n) is 6.83. The van der Waals surface area contributed by atoms with Gasteiger partial charge < -0.3 is 14.6 Å². The molecule has 112 valence electrons. The van der Waals surface area contributed by atoms with Crippen molar-refractivity contribution in [1.29, 1.82) is 0 Å². The van der Waals surface area contributed by atoms with Crippen molar-refractivity contribution in [2.75, 3.05) is 0 Å². The normalized spacial score (nSPS) is 37.9. The maximum Gasteiger partial charge on any atom is 0.506 e. The van der Waals surface area contributed by atoms with E-state index in [2.05, 4.69) is 0 Å². The molecule has 3 aliphatic rings. The first-order valence-electron chi connectivity index (χ1n) is 7.59. The van der Waals surface area contributed by atoms with Gasteiger partial charge in [-0.15, -0.1) is 0 Å². The van der Waals surface area contributed by atoms with E-state index in [0.717, 1.165) is 38.5 Å². The van der Waals surface area contributed by atoms with Crippen molar-refractivity contribution in [2.24, 2.45) is 17.8 Å². The Balaban J connectivity index is 1.56. The van der Waals surface area contributed by atoms with Crippen LogP contribution in [0.15, 0.2) is 0 Å². The predicted octanol–water partition coefficient (Wildman–Crippen LogP) is 2.97. The Bertz CT molecular complexity index is 412. The quantitative estimate of drug-likeness (QED) is 0.806. The molecule has 0 amide bonds. The zero-order valence-corrected chi connectivity index (χ0v) is 11.8. The molecule has 4 atom stereocenters. The topological polar surface area (TPSA) is 72.8 Å². The molecular formula is C15H22O5. The maximum atomic E-state index is 12.3. The highest BCUT2D eigenvalue weighted by atomic mass is 16.7. The molecule has 20 heavy (non-hydrogen) atoms. The van der Waals surface area contributed by atoms with Gasteiger partial charge in [-0.3, -0.25) is 4.79 Å². The summed E-state index contributed by atoms with van der Waals surface area (Å²) in [4.78, 5) is 23.0. The molecule has 3 fully saturated rings. The molecule has 5 nitrogen and oxygen atoms in total. The largest absolute Gasteiger partial charge is 0.506 e. The van der Waals surface area contributed by atoms with E-state index in [9.17, 15) is 9.59 Å².